The molecule has 2 heteroatoms. The molecule has 0 aliphatic heterocycles. The maximum atomic E-state index is 12.5. The molecular weight excluding hydrogens is 270 g/mol. The third-order valence-electron chi connectivity index (χ3n) is 4.48. The summed E-state index contributed by atoms with van der Waals surface area (Å²) in [4.78, 5) is 12.5. The summed E-state index contributed by atoms with van der Waals surface area (Å²) in [6, 6.07) is 16.4. The Morgan fingerprint density at radius 2 is 1.86 bits per heavy atom. The van der Waals surface area contributed by atoms with E-state index in [-0.39, 0.29) is 11.8 Å². The molecule has 1 atom stereocenters. The number of benzene rings is 2. The minimum absolute atomic E-state index is 0.136. The fourth-order valence-corrected chi connectivity index (χ4v) is 3.15. The molecule has 22 heavy (non-hydrogen) atoms. The lowest BCUT2D eigenvalue weighted by molar-refractivity contribution is 0.0951. The zero-order valence-electron chi connectivity index (χ0n) is 13.1. The molecular formula is C20H23NO. The Labute approximate surface area is 132 Å². The van der Waals surface area contributed by atoms with Gasteiger partial charge in [0.25, 0.3) is 0 Å². The van der Waals surface area contributed by atoms with Crippen LogP contribution in [0.2, 0.25) is 0 Å². The molecule has 2 nitrogen and oxygen atoms in total. The van der Waals surface area contributed by atoms with Crippen LogP contribution >= 0.6 is 0 Å². The Bertz CT molecular complexity index is 648. The van der Waals surface area contributed by atoms with E-state index in [4.69, 9.17) is 0 Å². The standard InChI is InChI=1S/C20H23NO/c1-15(21-13-12-16-6-3-2-4-7-16)20(22)19-11-10-17-8-5-9-18(17)14-19/h2-4,6-7,10-11,14-15,21H,5,8-9,12-13H2,1H3. The van der Waals surface area contributed by atoms with Crippen LogP contribution in [0.3, 0.4) is 0 Å². The second-order valence-corrected chi connectivity index (χ2v) is 6.11. The molecule has 1 aliphatic rings. The minimum Gasteiger partial charge on any atom is -0.307 e. The van der Waals surface area contributed by atoms with Crippen molar-refractivity contribution >= 4 is 5.78 Å². The van der Waals surface area contributed by atoms with Gasteiger partial charge in [0, 0.05) is 5.56 Å². The molecule has 1 aliphatic carbocycles. The smallest absolute Gasteiger partial charge is 0.179 e. The van der Waals surface area contributed by atoms with E-state index < -0.39 is 0 Å². The van der Waals surface area contributed by atoms with E-state index in [0.717, 1.165) is 31.4 Å². The van der Waals surface area contributed by atoms with E-state index in [9.17, 15) is 4.79 Å². The lowest BCUT2D eigenvalue weighted by atomic mass is 10.0. The number of hydrogen-bond donors (Lipinski definition) is 1. The Kier molecular flexibility index (Phi) is 4.69. The number of aryl methyl sites for hydroxylation is 2. The van der Waals surface area contributed by atoms with Crippen LogP contribution in [0.1, 0.15) is 40.4 Å². The first-order valence-corrected chi connectivity index (χ1v) is 8.17. The second kappa shape index (κ2) is 6.89. The molecule has 0 aromatic heterocycles. The van der Waals surface area contributed by atoms with Crippen molar-refractivity contribution in [2.45, 2.75) is 38.6 Å². The van der Waals surface area contributed by atoms with Crippen LogP contribution in [-0.4, -0.2) is 18.4 Å². The summed E-state index contributed by atoms with van der Waals surface area (Å²) < 4.78 is 0. The lowest BCUT2D eigenvalue weighted by Crippen LogP contribution is -2.35. The maximum absolute atomic E-state index is 12.5. The SMILES string of the molecule is CC(NCCc1ccccc1)C(=O)c1ccc2c(c1)CCC2. The average molecular weight is 293 g/mol. The van der Waals surface area contributed by atoms with Crippen LogP contribution in [0.5, 0.6) is 0 Å². The van der Waals surface area contributed by atoms with Crippen LogP contribution in [0.15, 0.2) is 48.5 Å². The Balaban J connectivity index is 1.55. The van der Waals surface area contributed by atoms with E-state index in [0.29, 0.717) is 0 Å². The molecule has 2 aromatic carbocycles. The van der Waals surface area contributed by atoms with Crippen molar-refractivity contribution in [3.8, 4) is 0 Å². The highest BCUT2D eigenvalue weighted by molar-refractivity contribution is 6.00. The number of fused-ring (bicyclic) bond motifs is 1. The van der Waals surface area contributed by atoms with Gasteiger partial charge in [-0.2, -0.15) is 0 Å². The van der Waals surface area contributed by atoms with Crippen molar-refractivity contribution in [3.63, 3.8) is 0 Å². The highest BCUT2D eigenvalue weighted by Crippen LogP contribution is 2.23. The third-order valence-corrected chi connectivity index (χ3v) is 4.48. The maximum Gasteiger partial charge on any atom is 0.179 e. The fraction of sp³-hybridized carbons (Fsp3) is 0.350. The predicted octanol–water partition coefficient (Wildman–Crippen LogP) is 3.58. The van der Waals surface area contributed by atoms with E-state index in [1.807, 2.05) is 19.1 Å². The van der Waals surface area contributed by atoms with Crippen LogP contribution in [0.4, 0.5) is 0 Å². The van der Waals surface area contributed by atoms with Gasteiger partial charge in [0.15, 0.2) is 5.78 Å². The normalized spacial score (nSPS) is 14.6. The van der Waals surface area contributed by atoms with Crippen molar-refractivity contribution in [1.29, 1.82) is 0 Å². The second-order valence-electron chi connectivity index (χ2n) is 6.11. The minimum atomic E-state index is -0.136. The van der Waals surface area contributed by atoms with E-state index >= 15 is 0 Å². The molecule has 0 spiro atoms. The number of carbonyl (C=O) groups is 1. The molecule has 0 bridgehead atoms. The van der Waals surface area contributed by atoms with Gasteiger partial charge in [-0.1, -0.05) is 42.5 Å². The number of ketones is 1. The Morgan fingerprint density at radius 3 is 2.68 bits per heavy atom. The molecule has 1 N–H and O–H groups in total. The van der Waals surface area contributed by atoms with Crippen molar-refractivity contribution < 1.29 is 4.79 Å². The summed E-state index contributed by atoms with van der Waals surface area (Å²) in [5, 5.41) is 3.35. The van der Waals surface area contributed by atoms with Gasteiger partial charge >= 0.3 is 0 Å². The monoisotopic (exact) mass is 293 g/mol. The van der Waals surface area contributed by atoms with Crippen molar-refractivity contribution in [3.05, 3.63) is 70.8 Å². The summed E-state index contributed by atoms with van der Waals surface area (Å²) >= 11 is 0. The van der Waals surface area contributed by atoms with Gasteiger partial charge in [-0.25, -0.2) is 0 Å². The summed E-state index contributed by atoms with van der Waals surface area (Å²) in [7, 11) is 0. The third kappa shape index (κ3) is 3.45. The van der Waals surface area contributed by atoms with Gasteiger partial charge in [-0.15, -0.1) is 0 Å². The van der Waals surface area contributed by atoms with Crippen molar-refractivity contribution in [1.82, 2.24) is 5.32 Å². The number of hydrogen-bond acceptors (Lipinski definition) is 2. The molecule has 114 valence electrons. The van der Waals surface area contributed by atoms with Crippen LogP contribution in [0, 0.1) is 0 Å². The van der Waals surface area contributed by atoms with Crippen LogP contribution in [0.25, 0.3) is 0 Å². The van der Waals surface area contributed by atoms with E-state index in [1.165, 1.54) is 23.1 Å². The fourth-order valence-electron chi connectivity index (χ4n) is 3.15. The molecule has 1 unspecified atom stereocenters. The highest BCUT2D eigenvalue weighted by atomic mass is 16.1. The highest BCUT2D eigenvalue weighted by Gasteiger charge is 2.17. The number of nitrogens with one attached hydrogen (secondary N) is 1. The summed E-state index contributed by atoms with van der Waals surface area (Å²) in [5.41, 5.74) is 4.93. The van der Waals surface area contributed by atoms with Gasteiger partial charge in [-0.3, -0.25) is 4.79 Å². The zero-order chi connectivity index (χ0) is 15.4. The topological polar surface area (TPSA) is 29.1 Å². The summed E-state index contributed by atoms with van der Waals surface area (Å²) in [6.45, 7) is 2.78. The predicted molar refractivity (Wildman–Crippen MR) is 90.4 cm³/mol. The first kappa shape index (κ1) is 15.0. The van der Waals surface area contributed by atoms with E-state index in [1.54, 1.807) is 0 Å². The Hall–Kier alpha value is -1.93. The summed E-state index contributed by atoms with van der Waals surface area (Å²) in [5.74, 6) is 0.197. The zero-order valence-corrected chi connectivity index (χ0v) is 13.1. The van der Waals surface area contributed by atoms with Crippen molar-refractivity contribution in [2.75, 3.05) is 6.54 Å². The number of carbonyl (C=O) groups excluding carboxylic acids is 1. The first-order valence-electron chi connectivity index (χ1n) is 8.17. The molecule has 2 aromatic rings. The van der Waals surface area contributed by atoms with Crippen LogP contribution < -0.4 is 5.32 Å². The van der Waals surface area contributed by atoms with Gasteiger partial charge in [-0.05, 0) is 61.9 Å². The molecule has 0 radical (unpaired) electrons. The lowest BCUT2D eigenvalue weighted by Gasteiger charge is -2.13. The number of rotatable bonds is 6. The number of Topliss-reactive ketones (excluding diaryl/α,β-unsaturated/α-hetero) is 1. The largest absolute Gasteiger partial charge is 0.307 e. The molecule has 0 amide bonds. The Morgan fingerprint density at radius 1 is 1.09 bits per heavy atom. The molecule has 0 fully saturated rings. The van der Waals surface area contributed by atoms with E-state index in [2.05, 4.69) is 41.7 Å². The van der Waals surface area contributed by atoms with Gasteiger partial charge < -0.3 is 5.32 Å². The van der Waals surface area contributed by atoms with Crippen molar-refractivity contribution in [2.24, 2.45) is 0 Å². The van der Waals surface area contributed by atoms with Gasteiger partial charge in [0.1, 0.15) is 0 Å². The van der Waals surface area contributed by atoms with Crippen LogP contribution in [-0.2, 0) is 19.3 Å². The summed E-state index contributed by atoms with van der Waals surface area (Å²) in [6.07, 6.45) is 4.45. The first-order chi connectivity index (χ1) is 10.7. The quantitative estimate of drug-likeness (QED) is 0.825. The van der Waals surface area contributed by atoms with Gasteiger partial charge in [0.2, 0.25) is 0 Å². The molecule has 3 rings (SSSR count). The molecule has 0 saturated heterocycles. The average Bonchev–Trinajstić information content (AvgIpc) is 3.02. The molecule has 0 saturated carbocycles. The molecule has 0 heterocycles. The van der Waals surface area contributed by atoms with Gasteiger partial charge in [0.05, 0.1) is 6.04 Å².